The molecule has 5 heteroatoms. The number of carbonyl (C=O) groups is 2. The van der Waals surface area contributed by atoms with E-state index in [9.17, 15) is 9.59 Å². The van der Waals surface area contributed by atoms with Crippen molar-refractivity contribution in [2.75, 3.05) is 20.1 Å². The van der Waals surface area contributed by atoms with E-state index in [1.165, 1.54) is 5.56 Å². The van der Waals surface area contributed by atoms with Gasteiger partial charge in [-0.25, -0.2) is 0 Å². The summed E-state index contributed by atoms with van der Waals surface area (Å²) in [6.45, 7) is 7.39. The third-order valence-electron chi connectivity index (χ3n) is 6.29. The number of nitrogens with zero attached hydrogens (tertiary/aromatic N) is 2. The fourth-order valence-electron chi connectivity index (χ4n) is 4.55. The van der Waals surface area contributed by atoms with Crippen LogP contribution in [0.5, 0.6) is 0 Å². The number of rotatable bonds is 2. The van der Waals surface area contributed by atoms with E-state index in [0.717, 1.165) is 40.5 Å². The van der Waals surface area contributed by atoms with Gasteiger partial charge in [-0.1, -0.05) is 6.07 Å². The van der Waals surface area contributed by atoms with Gasteiger partial charge in [0, 0.05) is 37.1 Å². The monoisotopic (exact) mass is 354 g/mol. The number of furan rings is 1. The van der Waals surface area contributed by atoms with E-state index >= 15 is 0 Å². The average molecular weight is 354 g/mol. The van der Waals surface area contributed by atoms with Crippen LogP contribution in [0.15, 0.2) is 16.7 Å². The van der Waals surface area contributed by atoms with Crippen molar-refractivity contribution in [3.05, 3.63) is 34.6 Å². The molecule has 2 aromatic rings. The third-order valence-corrected chi connectivity index (χ3v) is 6.29. The number of benzene rings is 1. The molecule has 1 aromatic heterocycles. The van der Waals surface area contributed by atoms with Crippen molar-refractivity contribution in [3.8, 4) is 0 Å². The predicted octanol–water partition coefficient (Wildman–Crippen LogP) is 2.98. The van der Waals surface area contributed by atoms with E-state index in [1.807, 2.05) is 16.8 Å². The molecule has 3 aliphatic rings. The molecule has 0 spiro atoms. The number of likely N-dealkylation sites (N-methyl/N-ethyl adjacent to an activating group) is 1. The Hall–Kier alpha value is -2.30. The number of fused-ring (bicyclic) bond motifs is 5. The standard InChI is InChI=1S/C21H26N2O3/c1-12-7-13(2)19-16(11-26-20(19)14(12)3)8-18(24)23-9-15-5-6-17(10-23)22(4)21(15)25/h7,11,15,17H,5-6,8-10H2,1-4H3/t15-,17+/m0/s1. The van der Waals surface area contributed by atoms with Crippen molar-refractivity contribution < 1.29 is 14.0 Å². The van der Waals surface area contributed by atoms with Crippen molar-refractivity contribution in [1.29, 1.82) is 0 Å². The van der Waals surface area contributed by atoms with Gasteiger partial charge in [0.2, 0.25) is 11.8 Å². The molecule has 0 aliphatic carbocycles. The second-order valence-corrected chi connectivity index (χ2v) is 7.95. The van der Waals surface area contributed by atoms with Crippen LogP contribution in [0.1, 0.15) is 35.1 Å². The summed E-state index contributed by atoms with van der Waals surface area (Å²) in [7, 11) is 1.87. The van der Waals surface area contributed by atoms with Gasteiger partial charge in [-0.2, -0.15) is 0 Å². The minimum atomic E-state index is -0.0459. The normalized spacial score (nSPS) is 23.0. The highest BCUT2D eigenvalue weighted by Crippen LogP contribution is 2.32. The minimum Gasteiger partial charge on any atom is -0.464 e. The molecule has 5 nitrogen and oxygen atoms in total. The molecule has 138 valence electrons. The second kappa shape index (κ2) is 6.15. The highest BCUT2D eigenvalue weighted by atomic mass is 16.3. The van der Waals surface area contributed by atoms with Crippen molar-refractivity contribution >= 4 is 22.8 Å². The molecule has 0 unspecified atom stereocenters. The van der Waals surface area contributed by atoms with Crippen LogP contribution in [-0.2, 0) is 16.0 Å². The van der Waals surface area contributed by atoms with Gasteiger partial charge in [0.1, 0.15) is 5.58 Å². The van der Waals surface area contributed by atoms with E-state index in [-0.39, 0.29) is 23.8 Å². The predicted molar refractivity (Wildman–Crippen MR) is 100.0 cm³/mol. The SMILES string of the molecule is Cc1cc(C)c2c(CC(=O)N3C[C@@H]4CC[C@H](C3)N(C)C4=O)coc2c1C. The lowest BCUT2D eigenvalue weighted by Crippen LogP contribution is -2.45. The molecule has 5 rings (SSSR count). The largest absolute Gasteiger partial charge is 0.464 e. The Balaban J connectivity index is 1.60. The maximum Gasteiger partial charge on any atom is 0.227 e. The smallest absolute Gasteiger partial charge is 0.227 e. The summed E-state index contributed by atoms with van der Waals surface area (Å²) in [5.41, 5.74) is 5.31. The van der Waals surface area contributed by atoms with Gasteiger partial charge in [0.05, 0.1) is 18.6 Å². The molecule has 0 saturated carbocycles. The number of hydrogen-bond donors (Lipinski definition) is 0. The summed E-state index contributed by atoms with van der Waals surface area (Å²) in [6, 6.07) is 2.30. The van der Waals surface area contributed by atoms with Crippen LogP contribution >= 0.6 is 0 Å². The topological polar surface area (TPSA) is 53.8 Å². The van der Waals surface area contributed by atoms with Gasteiger partial charge in [-0.05, 0) is 50.3 Å². The summed E-state index contributed by atoms with van der Waals surface area (Å²) in [5.74, 6) is 0.230. The molecule has 0 radical (unpaired) electrons. The fraction of sp³-hybridized carbons (Fsp3) is 0.524. The summed E-state index contributed by atoms with van der Waals surface area (Å²) in [5, 5.41) is 1.06. The maximum atomic E-state index is 13.0. The zero-order valence-corrected chi connectivity index (χ0v) is 16.0. The quantitative estimate of drug-likeness (QED) is 0.833. The van der Waals surface area contributed by atoms with E-state index in [0.29, 0.717) is 19.5 Å². The Bertz CT molecular complexity index is 898. The van der Waals surface area contributed by atoms with Crippen molar-refractivity contribution in [1.82, 2.24) is 9.80 Å². The average Bonchev–Trinajstić information content (AvgIpc) is 2.83. The number of amides is 2. The third kappa shape index (κ3) is 2.61. The van der Waals surface area contributed by atoms with Crippen LogP contribution in [-0.4, -0.2) is 47.8 Å². The van der Waals surface area contributed by atoms with Gasteiger partial charge >= 0.3 is 0 Å². The summed E-state index contributed by atoms with van der Waals surface area (Å²) in [6.07, 6.45) is 3.94. The molecule has 4 heterocycles. The molecule has 2 atom stereocenters. The first-order valence-electron chi connectivity index (χ1n) is 9.38. The molecular formula is C21H26N2O3. The Morgan fingerprint density at radius 3 is 2.73 bits per heavy atom. The van der Waals surface area contributed by atoms with Gasteiger partial charge in [-0.3, -0.25) is 9.59 Å². The van der Waals surface area contributed by atoms with Gasteiger partial charge in [0.25, 0.3) is 0 Å². The van der Waals surface area contributed by atoms with Crippen molar-refractivity contribution in [3.63, 3.8) is 0 Å². The van der Waals surface area contributed by atoms with Crippen LogP contribution in [0.3, 0.4) is 0 Å². The zero-order chi connectivity index (χ0) is 18.6. The number of aryl methyl sites for hydroxylation is 3. The number of carbonyl (C=O) groups excluding carboxylic acids is 2. The first-order valence-corrected chi connectivity index (χ1v) is 9.38. The molecule has 3 saturated heterocycles. The van der Waals surface area contributed by atoms with E-state index in [1.54, 1.807) is 6.26 Å². The van der Waals surface area contributed by atoms with E-state index < -0.39 is 0 Å². The highest BCUT2D eigenvalue weighted by molar-refractivity contribution is 5.92. The van der Waals surface area contributed by atoms with E-state index in [4.69, 9.17) is 4.42 Å². The van der Waals surface area contributed by atoms with Crippen LogP contribution < -0.4 is 0 Å². The lowest BCUT2D eigenvalue weighted by molar-refractivity contribution is -0.138. The van der Waals surface area contributed by atoms with Gasteiger partial charge in [-0.15, -0.1) is 0 Å². The van der Waals surface area contributed by atoms with E-state index in [2.05, 4.69) is 26.8 Å². The number of hydrogen-bond acceptors (Lipinski definition) is 3. The fourth-order valence-corrected chi connectivity index (χ4v) is 4.55. The van der Waals surface area contributed by atoms with Crippen LogP contribution in [0.2, 0.25) is 0 Å². The summed E-state index contributed by atoms with van der Waals surface area (Å²) >= 11 is 0. The molecule has 3 aliphatic heterocycles. The molecule has 3 fully saturated rings. The lowest BCUT2D eigenvalue weighted by Gasteiger charge is -2.32. The zero-order valence-electron chi connectivity index (χ0n) is 16.0. The summed E-state index contributed by atoms with van der Waals surface area (Å²) in [4.78, 5) is 29.1. The molecule has 2 amide bonds. The Morgan fingerprint density at radius 1 is 1.19 bits per heavy atom. The Morgan fingerprint density at radius 2 is 1.96 bits per heavy atom. The lowest BCUT2D eigenvalue weighted by atomic mass is 9.95. The maximum absolute atomic E-state index is 13.0. The first-order chi connectivity index (χ1) is 12.4. The molecule has 0 N–H and O–H groups in total. The minimum absolute atomic E-state index is 0.0459. The molecular weight excluding hydrogens is 328 g/mol. The first kappa shape index (κ1) is 17.1. The summed E-state index contributed by atoms with van der Waals surface area (Å²) < 4.78 is 5.81. The number of piperidine rings is 1. The molecule has 2 bridgehead atoms. The van der Waals surface area contributed by atoms with Gasteiger partial charge in [0.15, 0.2) is 0 Å². The van der Waals surface area contributed by atoms with Gasteiger partial charge < -0.3 is 14.2 Å². The highest BCUT2D eigenvalue weighted by Gasteiger charge is 2.40. The second-order valence-electron chi connectivity index (χ2n) is 7.95. The van der Waals surface area contributed by atoms with Crippen LogP contribution in [0, 0.1) is 26.7 Å². The molecule has 1 aromatic carbocycles. The van der Waals surface area contributed by atoms with Crippen LogP contribution in [0.4, 0.5) is 0 Å². The van der Waals surface area contributed by atoms with Crippen molar-refractivity contribution in [2.45, 2.75) is 46.1 Å². The Labute approximate surface area is 153 Å². The van der Waals surface area contributed by atoms with Crippen LogP contribution in [0.25, 0.3) is 11.0 Å². The van der Waals surface area contributed by atoms with Crippen molar-refractivity contribution in [2.24, 2.45) is 5.92 Å². The Kier molecular flexibility index (Phi) is 4.05. The molecule has 26 heavy (non-hydrogen) atoms.